The summed E-state index contributed by atoms with van der Waals surface area (Å²) in [4.78, 5) is 11.0. The summed E-state index contributed by atoms with van der Waals surface area (Å²) in [6, 6.07) is 7.43. The van der Waals surface area contributed by atoms with Gasteiger partial charge in [-0.15, -0.1) is 0 Å². The summed E-state index contributed by atoms with van der Waals surface area (Å²) in [5.74, 6) is -1.09. The topological polar surface area (TPSA) is 66.0 Å². The molecule has 0 saturated carbocycles. The van der Waals surface area contributed by atoms with E-state index < -0.39 is 5.97 Å². The summed E-state index contributed by atoms with van der Waals surface area (Å²) < 4.78 is 0. The van der Waals surface area contributed by atoms with Gasteiger partial charge in [0.05, 0.1) is 0 Å². The van der Waals surface area contributed by atoms with Gasteiger partial charge in [0.25, 0.3) is 0 Å². The molecule has 0 saturated heterocycles. The minimum atomic E-state index is -1.09. The third-order valence-electron chi connectivity index (χ3n) is 2.23. The first kappa shape index (κ1) is 10.7. The fourth-order valence-electron chi connectivity index (χ4n) is 1.52. The number of carbonyl (C=O) groups is 1. The van der Waals surface area contributed by atoms with Crippen molar-refractivity contribution in [2.75, 3.05) is 0 Å². The molecule has 0 aliphatic heterocycles. The molecule has 1 aromatic heterocycles. The summed E-state index contributed by atoms with van der Waals surface area (Å²) in [6.45, 7) is 1.93. The molecule has 0 radical (unpaired) electrons. The van der Waals surface area contributed by atoms with Crippen molar-refractivity contribution in [1.29, 1.82) is 0 Å². The predicted molar refractivity (Wildman–Crippen MR) is 60.7 cm³/mol. The number of aromatic nitrogens is 2. The van der Waals surface area contributed by atoms with Gasteiger partial charge in [-0.1, -0.05) is 35.4 Å². The molecule has 16 heavy (non-hydrogen) atoms. The van der Waals surface area contributed by atoms with Gasteiger partial charge in [0.2, 0.25) is 0 Å². The van der Waals surface area contributed by atoms with Gasteiger partial charge in [-0.05, 0) is 13.0 Å². The number of aryl methyl sites for hydroxylation is 1. The van der Waals surface area contributed by atoms with Crippen molar-refractivity contribution in [2.45, 2.75) is 6.92 Å². The maximum atomic E-state index is 11.0. The largest absolute Gasteiger partial charge is 0.478 e. The monoisotopic (exact) mass is 236 g/mol. The van der Waals surface area contributed by atoms with Crippen LogP contribution in [0.4, 0.5) is 0 Å². The molecule has 0 atom stereocenters. The van der Waals surface area contributed by atoms with Crippen LogP contribution < -0.4 is 0 Å². The van der Waals surface area contributed by atoms with E-state index in [-0.39, 0.29) is 10.7 Å². The molecule has 0 aliphatic carbocycles. The highest BCUT2D eigenvalue weighted by Gasteiger charge is 2.19. The Morgan fingerprint density at radius 3 is 2.88 bits per heavy atom. The fourth-order valence-corrected chi connectivity index (χ4v) is 1.73. The van der Waals surface area contributed by atoms with Crippen LogP contribution in [0.2, 0.25) is 5.15 Å². The summed E-state index contributed by atoms with van der Waals surface area (Å²) in [5, 5.41) is 15.4. The molecule has 2 N–H and O–H groups in total. The van der Waals surface area contributed by atoms with Gasteiger partial charge in [0.15, 0.2) is 0 Å². The smallest absolute Gasteiger partial charge is 0.341 e. The number of aromatic carboxylic acids is 1. The Hall–Kier alpha value is -1.81. The van der Waals surface area contributed by atoms with E-state index in [0.717, 1.165) is 11.1 Å². The molecular formula is C11H9ClN2O2. The Morgan fingerprint density at radius 2 is 2.25 bits per heavy atom. The first-order valence-electron chi connectivity index (χ1n) is 4.64. The molecule has 0 fully saturated rings. The molecule has 1 heterocycles. The summed E-state index contributed by atoms with van der Waals surface area (Å²) in [5.41, 5.74) is 2.14. The molecule has 0 spiro atoms. The molecular weight excluding hydrogens is 228 g/mol. The highest BCUT2D eigenvalue weighted by Crippen LogP contribution is 2.26. The van der Waals surface area contributed by atoms with Gasteiger partial charge in [-0.2, -0.15) is 5.10 Å². The van der Waals surface area contributed by atoms with Crippen molar-refractivity contribution in [3.63, 3.8) is 0 Å². The predicted octanol–water partition coefficient (Wildman–Crippen LogP) is 2.74. The second kappa shape index (κ2) is 3.98. The first-order chi connectivity index (χ1) is 7.59. The molecule has 4 nitrogen and oxygen atoms in total. The van der Waals surface area contributed by atoms with Crippen LogP contribution in [0.25, 0.3) is 11.3 Å². The maximum Gasteiger partial charge on any atom is 0.341 e. The summed E-state index contributed by atoms with van der Waals surface area (Å²) >= 11 is 5.73. The van der Waals surface area contributed by atoms with Crippen LogP contribution in [0.1, 0.15) is 15.9 Å². The van der Waals surface area contributed by atoms with Gasteiger partial charge < -0.3 is 5.11 Å². The van der Waals surface area contributed by atoms with Crippen molar-refractivity contribution in [1.82, 2.24) is 10.2 Å². The zero-order valence-electron chi connectivity index (χ0n) is 8.49. The van der Waals surface area contributed by atoms with Crippen molar-refractivity contribution >= 4 is 17.6 Å². The average Bonchev–Trinajstić information content (AvgIpc) is 2.60. The highest BCUT2D eigenvalue weighted by molar-refractivity contribution is 6.33. The van der Waals surface area contributed by atoms with E-state index in [0.29, 0.717) is 5.69 Å². The van der Waals surface area contributed by atoms with E-state index in [1.807, 2.05) is 25.1 Å². The number of rotatable bonds is 2. The Labute approximate surface area is 96.9 Å². The van der Waals surface area contributed by atoms with Crippen LogP contribution in [0.3, 0.4) is 0 Å². The van der Waals surface area contributed by atoms with Crippen LogP contribution in [0.15, 0.2) is 24.3 Å². The van der Waals surface area contributed by atoms with Crippen molar-refractivity contribution < 1.29 is 9.90 Å². The number of nitrogens with one attached hydrogen (secondary N) is 1. The van der Waals surface area contributed by atoms with Crippen LogP contribution in [-0.4, -0.2) is 21.3 Å². The average molecular weight is 237 g/mol. The number of nitrogens with zero attached hydrogens (tertiary/aromatic N) is 1. The molecule has 1 aromatic carbocycles. The first-order valence-corrected chi connectivity index (χ1v) is 5.01. The van der Waals surface area contributed by atoms with Crippen LogP contribution in [-0.2, 0) is 0 Å². The summed E-state index contributed by atoms with van der Waals surface area (Å²) in [6.07, 6.45) is 0. The lowest BCUT2D eigenvalue weighted by molar-refractivity contribution is 0.0698. The molecule has 2 aromatic rings. The van der Waals surface area contributed by atoms with E-state index in [1.54, 1.807) is 6.07 Å². The quantitative estimate of drug-likeness (QED) is 0.843. The number of hydrogen-bond donors (Lipinski definition) is 2. The van der Waals surface area contributed by atoms with Gasteiger partial charge in [-0.25, -0.2) is 4.79 Å². The molecule has 0 bridgehead atoms. The zero-order valence-corrected chi connectivity index (χ0v) is 9.25. The van der Waals surface area contributed by atoms with Gasteiger partial charge in [-0.3, -0.25) is 5.10 Å². The molecule has 5 heteroatoms. The second-order valence-electron chi connectivity index (χ2n) is 3.44. The maximum absolute atomic E-state index is 11.0. The summed E-state index contributed by atoms with van der Waals surface area (Å²) in [7, 11) is 0. The lowest BCUT2D eigenvalue weighted by Crippen LogP contribution is -1.97. The Morgan fingerprint density at radius 1 is 1.50 bits per heavy atom. The number of benzene rings is 1. The Kier molecular flexibility index (Phi) is 2.66. The SMILES string of the molecule is Cc1cccc(-c2n[nH]c(Cl)c2C(=O)O)c1. The minimum absolute atomic E-state index is 0.00673. The van der Waals surface area contributed by atoms with E-state index in [1.165, 1.54) is 0 Å². The van der Waals surface area contributed by atoms with Crippen molar-refractivity contribution in [3.8, 4) is 11.3 Å². The lowest BCUT2D eigenvalue weighted by atomic mass is 10.1. The molecule has 2 rings (SSSR count). The van der Waals surface area contributed by atoms with Gasteiger partial charge in [0.1, 0.15) is 16.4 Å². The van der Waals surface area contributed by atoms with Crippen LogP contribution in [0, 0.1) is 6.92 Å². The standard InChI is InChI=1S/C11H9ClN2O2/c1-6-3-2-4-7(5-6)9-8(11(15)16)10(12)14-13-9/h2-5H,1H3,(H,13,14)(H,15,16). The fraction of sp³-hybridized carbons (Fsp3) is 0.0909. The molecule has 82 valence electrons. The molecule has 0 unspecified atom stereocenters. The highest BCUT2D eigenvalue weighted by atomic mass is 35.5. The second-order valence-corrected chi connectivity index (χ2v) is 3.81. The van der Waals surface area contributed by atoms with E-state index >= 15 is 0 Å². The number of H-pyrrole nitrogens is 1. The Bertz CT molecular complexity index is 549. The third-order valence-corrected chi connectivity index (χ3v) is 2.50. The van der Waals surface area contributed by atoms with Gasteiger partial charge >= 0.3 is 5.97 Å². The number of hydrogen-bond acceptors (Lipinski definition) is 2. The number of carboxylic acids is 1. The third kappa shape index (κ3) is 1.79. The number of carboxylic acid groups (broad SMARTS) is 1. The number of aromatic amines is 1. The Balaban J connectivity index is 2.60. The van der Waals surface area contributed by atoms with Crippen molar-refractivity contribution in [2.24, 2.45) is 0 Å². The molecule has 0 amide bonds. The zero-order chi connectivity index (χ0) is 11.7. The number of halogens is 1. The lowest BCUT2D eigenvalue weighted by Gasteiger charge is -2.00. The minimum Gasteiger partial charge on any atom is -0.478 e. The van der Waals surface area contributed by atoms with Crippen molar-refractivity contribution in [3.05, 3.63) is 40.5 Å². The van der Waals surface area contributed by atoms with E-state index in [9.17, 15) is 4.79 Å². The molecule has 0 aliphatic rings. The normalized spacial score (nSPS) is 10.4. The van der Waals surface area contributed by atoms with E-state index in [4.69, 9.17) is 16.7 Å². The van der Waals surface area contributed by atoms with Gasteiger partial charge in [0, 0.05) is 5.56 Å². The van der Waals surface area contributed by atoms with E-state index in [2.05, 4.69) is 10.2 Å². The van der Waals surface area contributed by atoms with Crippen LogP contribution in [0.5, 0.6) is 0 Å². The van der Waals surface area contributed by atoms with Crippen LogP contribution >= 0.6 is 11.6 Å².